The highest BCUT2D eigenvalue weighted by Gasteiger charge is 2.56. The van der Waals surface area contributed by atoms with Crippen LogP contribution in [0.3, 0.4) is 0 Å². The van der Waals surface area contributed by atoms with Crippen molar-refractivity contribution in [1.82, 2.24) is 10.6 Å². The van der Waals surface area contributed by atoms with E-state index in [-0.39, 0.29) is 0 Å². The quantitative estimate of drug-likeness (QED) is 0.711. The van der Waals surface area contributed by atoms with E-state index >= 15 is 0 Å². The van der Waals surface area contributed by atoms with Crippen LogP contribution in [0.5, 0.6) is 0 Å². The number of carbonyl (C=O) groups is 1. The fourth-order valence-electron chi connectivity index (χ4n) is 3.02. The second-order valence-electron chi connectivity index (χ2n) is 5.19. The third-order valence-electron chi connectivity index (χ3n) is 3.89. The van der Waals surface area contributed by atoms with E-state index < -0.39 is 0 Å². The van der Waals surface area contributed by atoms with Gasteiger partial charge in [0.1, 0.15) is 0 Å². The molecule has 3 nitrogen and oxygen atoms in total. The Morgan fingerprint density at radius 2 is 2.00 bits per heavy atom. The standard InChI is InChI=1S/C12H22N2O/c1-8(6-13-2)7-14-12(15)11-9-4-3-5-10(9)11/h8-11,13H,3-7H2,1-2H3,(H,14,15). The normalized spacial score (nSPS) is 34.7. The molecular formula is C12H22N2O. The lowest BCUT2D eigenvalue weighted by atomic mass is 10.1. The van der Waals surface area contributed by atoms with Crippen molar-refractivity contribution < 1.29 is 4.79 Å². The molecule has 3 heteroatoms. The van der Waals surface area contributed by atoms with Gasteiger partial charge in [0.25, 0.3) is 0 Å². The number of nitrogens with one attached hydrogen (secondary N) is 2. The Morgan fingerprint density at radius 1 is 1.33 bits per heavy atom. The summed E-state index contributed by atoms with van der Waals surface area (Å²) in [6.45, 7) is 3.94. The van der Waals surface area contributed by atoms with Crippen molar-refractivity contribution in [2.45, 2.75) is 26.2 Å². The first kappa shape index (κ1) is 10.9. The topological polar surface area (TPSA) is 41.1 Å². The first-order valence-electron chi connectivity index (χ1n) is 6.16. The number of hydrogen-bond donors (Lipinski definition) is 2. The molecule has 1 amide bonds. The van der Waals surface area contributed by atoms with Crippen molar-refractivity contribution >= 4 is 5.91 Å². The van der Waals surface area contributed by atoms with E-state index in [1.54, 1.807) is 0 Å². The summed E-state index contributed by atoms with van der Waals surface area (Å²) in [7, 11) is 1.95. The summed E-state index contributed by atoms with van der Waals surface area (Å²) in [5.74, 6) is 2.69. The van der Waals surface area contributed by atoms with Gasteiger partial charge in [0.2, 0.25) is 5.91 Å². The Kier molecular flexibility index (Phi) is 3.29. The van der Waals surface area contributed by atoms with Crippen LogP contribution in [0.15, 0.2) is 0 Å². The molecule has 2 N–H and O–H groups in total. The monoisotopic (exact) mass is 210 g/mol. The second kappa shape index (κ2) is 4.52. The molecule has 2 fully saturated rings. The fraction of sp³-hybridized carbons (Fsp3) is 0.917. The van der Waals surface area contributed by atoms with Crippen LogP contribution in [0.25, 0.3) is 0 Å². The van der Waals surface area contributed by atoms with E-state index in [9.17, 15) is 4.79 Å². The third-order valence-corrected chi connectivity index (χ3v) is 3.89. The molecule has 3 atom stereocenters. The Hall–Kier alpha value is -0.570. The van der Waals surface area contributed by atoms with Crippen LogP contribution in [0.1, 0.15) is 26.2 Å². The largest absolute Gasteiger partial charge is 0.356 e. The van der Waals surface area contributed by atoms with Crippen LogP contribution < -0.4 is 10.6 Å². The lowest BCUT2D eigenvalue weighted by molar-refractivity contribution is -0.123. The molecule has 0 saturated heterocycles. The molecule has 2 aliphatic rings. The molecule has 0 bridgehead atoms. The second-order valence-corrected chi connectivity index (χ2v) is 5.19. The van der Waals surface area contributed by atoms with Crippen LogP contribution in [0.2, 0.25) is 0 Å². The molecule has 15 heavy (non-hydrogen) atoms. The molecule has 2 rings (SSSR count). The van der Waals surface area contributed by atoms with Gasteiger partial charge in [-0.15, -0.1) is 0 Å². The van der Waals surface area contributed by atoms with Gasteiger partial charge >= 0.3 is 0 Å². The highest BCUT2D eigenvalue weighted by Crippen LogP contribution is 2.57. The summed E-state index contributed by atoms with van der Waals surface area (Å²) in [6.07, 6.45) is 3.92. The van der Waals surface area contributed by atoms with Crippen molar-refractivity contribution in [3.05, 3.63) is 0 Å². The summed E-state index contributed by atoms with van der Waals surface area (Å²) < 4.78 is 0. The minimum Gasteiger partial charge on any atom is -0.356 e. The Labute approximate surface area is 92.0 Å². The smallest absolute Gasteiger partial charge is 0.223 e. The number of fused-ring (bicyclic) bond motifs is 1. The maximum absolute atomic E-state index is 11.8. The number of hydrogen-bond acceptors (Lipinski definition) is 2. The van der Waals surface area contributed by atoms with Crippen LogP contribution in [0.4, 0.5) is 0 Å². The number of rotatable bonds is 5. The average molecular weight is 210 g/mol. The summed E-state index contributed by atoms with van der Waals surface area (Å²) in [5.41, 5.74) is 0. The molecule has 3 unspecified atom stereocenters. The molecule has 0 aliphatic heterocycles. The fourth-order valence-corrected chi connectivity index (χ4v) is 3.02. The van der Waals surface area contributed by atoms with Crippen molar-refractivity contribution in [1.29, 1.82) is 0 Å². The van der Waals surface area contributed by atoms with Crippen LogP contribution in [-0.2, 0) is 4.79 Å². The van der Waals surface area contributed by atoms with Gasteiger partial charge < -0.3 is 10.6 Å². The van der Waals surface area contributed by atoms with Gasteiger partial charge in [-0.2, -0.15) is 0 Å². The molecule has 0 aromatic heterocycles. The molecule has 0 radical (unpaired) electrons. The lowest BCUT2D eigenvalue weighted by Crippen LogP contribution is -2.33. The predicted molar refractivity (Wildman–Crippen MR) is 60.4 cm³/mol. The van der Waals surface area contributed by atoms with Crippen molar-refractivity contribution in [2.24, 2.45) is 23.7 Å². The molecule has 0 heterocycles. The first-order valence-corrected chi connectivity index (χ1v) is 6.16. The minimum absolute atomic E-state index is 0.313. The predicted octanol–water partition coefficient (Wildman–Crippen LogP) is 1.00. The zero-order valence-corrected chi connectivity index (χ0v) is 9.75. The molecule has 2 aliphatic carbocycles. The Morgan fingerprint density at radius 3 is 2.60 bits per heavy atom. The van der Waals surface area contributed by atoms with Crippen molar-refractivity contribution in [3.63, 3.8) is 0 Å². The third kappa shape index (κ3) is 2.33. The Balaban J connectivity index is 1.66. The zero-order chi connectivity index (χ0) is 10.8. The van der Waals surface area contributed by atoms with Gasteiger partial charge in [0.05, 0.1) is 0 Å². The van der Waals surface area contributed by atoms with E-state index in [1.807, 2.05) is 7.05 Å². The van der Waals surface area contributed by atoms with Crippen molar-refractivity contribution in [3.8, 4) is 0 Å². The summed E-state index contributed by atoms with van der Waals surface area (Å²) in [6, 6.07) is 0. The molecule has 0 aromatic carbocycles. The van der Waals surface area contributed by atoms with Crippen LogP contribution in [0, 0.1) is 23.7 Å². The van der Waals surface area contributed by atoms with Gasteiger partial charge in [0, 0.05) is 12.5 Å². The van der Waals surface area contributed by atoms with Crippen LogP contribution >= 0.6 is 0 Å². The van der Waals surface area contributed by atoms with E-state index in [0.717, 1.165) is 24.9 Å². The molecule has 0 spiro atoms. The van der Waals surface area contributed by atoms with E-state index in [1.165, 1.54) is 19.3 Å². The average Bonchev–Trinajstić information content (AvgIpc) is 2.69. The van der Waals surface area contributed by atoms with Crippen molar-refractivity contribution in [2.75, 3.05) is 20.1 Å². The summed E-state index contributed by atoms with van der Waals surface area (Å²) in [4.78, 5) is 11.8. The molecular weight excluding hydrogens is 188 g/mol. The van der Waals surface area contributed by atoms with E-state index in [0.29, 0.717) is 17.7 Å². The maximum atomic E-state index is 11.8. The minimum atomic E-state index is 0.313. The van der Waals surface area contributed by atoms with Gasteiger partial charge in [-0.05, 0) is 44.2 Å². The van der Waals surface area contributed by atoms with Gasteiger partial charge in [-0.1, -0.05) is 13.3 Å². The number of carbonyl (C=O) groups excluding carboxylic acids is 1. The maximum Gasteiger partial charge on any atom is 0.223 e. The SMILES string of the molecule is CNCC(C)CNC(=O)C1C2CCCC21. The zero-order valence-electron chi connectivity index (χ0n) is 9.75. The van der Waals surface area contributed by atoms with Gasteiger partial charge in [-0.25, -0.2) is 0 Å². The highest BCUT2D eigenvalue weighted by molar-refractivity contribution is 5.82. The summed E-state index contributed by atoms with van der Waals surface area (Å²) in [5, 5.41) is 6.20. The summed E-state index contributed by atoms with van der Waals surface area (Å²) >= 11 is 0. The lowest BCUT2D eigenvalue weighted by Gasteiger charge is -2.12. The molecule has 2 saturated carbocycles. The number of amides is 1. The highest BCUT2D eigenvalue weighted by atomic mass is 16.2. The van der Waals surface area contributed by atoms with Gasteiger partial charge in [0.15, 0.2) is 0 Å². The van der Waals surface area contributed by atoms with Gasteiger partial charge in [-0.3, -0.25) is 4.79 Å². The van der Waals surface area contributed by atoms with E-state index in [4.69, 9.17) is 0 Å². The first-order chi connectivity index (χ1) is 7.24. The molecule has 86 valence electrons. The van der Waals surface area contributed by atoms with Crippen LogP contribution in [-0.4, -0.2) is 26.0 Å². The van der Waals surface area contributed by atoms with E-state index in [2.05, 4.69) is 17.6 Å². The molecule has 0 aromatic rings. The Bertz CT molecular complexity index is 232.